The molecule has 31 heavy (non-hydrogen) atoms. The molecule has 1 aliphatic heterocycles. The molecule has 0 spiro atoms. The van der Waals surface area contributed by atoms with Gasteiger partial charge in [-0.1, -0.05) is 12.1 Å². The van der Waals surface area contributed by atoms with E-state index in [-0.39, 0.29) is 24.3 Å². The fraction of sp³-hybridized carbons (Fsp3) is 0.391. The first-order valence-corrected chi connectivity index (χ1v) is 11.4. The highest BCUT2D eigenvalue weighted by atomic mass is 32.2. The zero-order valence-electron chi connectivity index (χ0n) is 18.1. The Morgan fingerprint density at radius 1 is 1.03 bits per heavy atom. The van der Waals surface area contributed by atoms with Crippen LogP contribution in [0.5, 0.6) is 11.5 Å². The lowest BCUT2D eigenvalue weighted by atomic mass is 9.96. The first kappa shape index (κ1) is 23.0. The predicted octanol–water partition coefficient (Wildman–Crippen LogP) is 3.71. The van der Waals surface area contributed by atoms with Gasteiger partial charge in [0.1, 0.15) is 0 Å². The van der Waals surface area contributed by atoms with E-state index in [1.807, 2.05) is 30.5 Å². The van der Waals surface area contributed by atoms with E-state index in [4.69, 9.17) is 9.47 Å². The number of thioether (sulfide) groups is 1. The van der Waals surface area contributed by atoms with Crippen molar-refractivity contribution in [3.05, 3.63) is 42.5 Å². The van der Waals surface area contributed by atoms with Crippen molar-refractivity contribution in [2.24, 2.45) is 5.92 Å². The lowest BCUT2D eigenvalue weighted by molar-refractivity contribution is -0.121. The molecule has 0 saturated carbocycles. The van der Waals surface area contributed by atoms with Crippen molar-refractivity contribution >= 4 is 35.0 Å². The van der Waals surface area contributed by atoms with Gasteiger partial charge in [0.2, 0.25) is 11.8 Å². The van der Waals surface area contributed by atoms with Gasteiger partial charge in [0.05, 0.1) is 26.5 Å². The number of nitrogens with one attached hydrogen (secondary N) is 2. The molecule has 2 N–H and O–H groups in total. The number of piperidine rings is 1. The summed E-state index contributed by atoms with van der Waals surface area (Å²) in [5.74, 6) is 1.09. The van der Waals surface area contributed by atoms with E-state index in [2.05, 4.69) is 15.5 Å². The minimum Gasteiger partial charge on any atom is -0.493 e. The van der Waals surface area contributed by atoms with Gasteiger partial charge >= 0.3 is 0 Å². The molecule has 0 aliphatic carbocycles. The second-order valence-corrected chi connectivity index (χ2v) is 8.21. The molecule has 0 atom stereocenters. The van der Waals surface area contributed by atoms with Crippen LogP contribution in [0.15, 0.2) is 47.4 Å². The van der Waals surface area contributed by atoms with E-state index in [0.717, 1.165) is 23.4 Å². The highest BCUT2D eigenvalue weighted by molar-refractivity contribution is 7.98. The van der Waals surface area contributed by atoms with E-state index in [1.54, 1.807) is 44.2 Å². The Hall–Kier alpha value is -2.71. The van der Waals surface area contributed by atoms with Crippen molar-refractivity contribution in [3.63, 3.8) is 0 Å². The third kappa shape index (κ3) is 6.15. The van der Waals surface area contributed by atoms with Crippen molar-refractivity contribution in [2.75, 3.05) is 50.7 Å². The Bertz CT molecular complexity index is 913. The Morgan fingerprint density at radius 2 is 1.74 bits per heavy atom. The molecule has 1 fully saturated rings. The molecular formula is C23H29N3O4S. The topological polar surface area (TPSA) is 79.9 Å². The molecule has 166 valence electrons. The number of amides is 2. The van der Waals surface area contributed by atoms with Crippen molar-refractivity contribution in [2.45, 2.75) is 17.7 Å². The lowest BCUT2D eigenvalue weighted by Crippen LogP contribution is -2.41. The van der Waals surface area contributed by atoms with E-state index < -0.39 is 0 Å². The average Bonchev–Trinajstić information content (AvgIpc) is 2.79. The Balaban J connectivity index is 1.47. The molecule has 2 aromatic carbocycles. The first-order valence-electron chi connectivity index (χ1n) is 10.2. The summed E-state index contributed by atoms with van der Waals surface area (Å²) < 4.78 is 10.5. The molecular weight excluding hydrogens is 414 g/mol. The molecule has 1 heterocycles. The van der Waals surface area contributed by atoms with Gasteiger partial charge in [-0.2, -0.15) is 0 Å². The summed E-state index contributed by atoms with van der Waals surface area (Å²) in [6, 6.07) is 13.1. The zero-order valence-corrected chi connectivity index (χ0v) is 19.0. The summed E-state index contributed by atoms with van der Waals surface area (Å²) in [6.45, 7) is 1.71. The van der Waals surface area contributed by atoms with E-state index in [1.165, 1.54) is 0 Å². The smallest absolute Gasteiger partial charge is 0.238 e. The van der Waals surface area contributed by atoms with Crippen LogP contribution in [0.25, 0.3) is 0 Å². The van der Waals surface area contributed by atoms with Crippen molar-refractivity contribution in [1.82, 2.24) is 4.90 Å². The van der Waals surface area contributed by atoms with Gasteiger partial charge in [-0.15, -0.1) is 11.8 Å². The number of anilines is 2. The molecule has 0 aromatic heterocycles. The normalized spacial score (nSPS) is 14.7. The largest absolute Gasteiger partial charge is 0.493 e. The van der Waals surface area contributed by atoms with Crippen LogP contribution < -0.4 is 20.1 Å². The van der Waals surface area contributed by atoms with Crippen LogP contribution in [0.4, 0.5) is 11.4 Å². The molecule has 2 amide bonds. The summed E-state index contributed by atoms with van der Waals surface area (Å²) in [7, 11) is 3.13. The number of rotatable bonds is 8. The number of para-hydroxylation sites is 1. The molecule has 0 radical (unpaired) electrons. The lowest BCUT2D eigenvalue weighted by Gasteiger charge is -2.30. The third-order valence-electron chi connectivity index (χ3n) is 5.36. The number of hydrogen-bond acceptors (Lipinski definition) is 6. The molecule has 7 nitrogen and oxygen atoms in total. The highest BCUT2D eigenvalue weighted by Crippen LogP contribution is 2.30. The monoisotopic (exact) mass is 443 g/mol. The molecule has 0 unspecified atom stereocenters. The van der Waals surface area contributed by atoms with Crippen LogP contribution >= 0.6 is 11.8 Å². The van der Waals surface area contributed by atoms with Crippen LogP contribution in [0.1, 0.15) is 12.8 Å². The number of benzene rings is 2. The van der Waals surface area contributed by atoms with Crippen LogP contribution in [0.2, 0.25) is 0 Å². The number of likely N-dealkylation sites (tertiary alicyclic amines) is 1. The van der Waals surface area contributed by atoms with E-state index in [0.29, 0.717) is 30.3 Å². The van der Waals surface area contributed by atoms with Gasteiger partial charge < -0.3 is 20.1 Å². The predicted molar refractivity (Wildman–Crippen MR) is 124 cm³/mol. The SMILES string of the molecule is COc1ccc(NC(=O)CN2CCC(C(=O)Nc3ccccc3SC)CC2)cc1OC. The van der Waals surface area contributed by atoms with E-state index >= 15 is 0 Å². The summed E-state index contributed by atoms with van der Waals surface area (Å²) >= 11 is 1.61. The maximum atomic E-state index is 12.7. The van der Waals surface area contributed by atoms with Gasteiger partial charge in [0.25, 0.3) is 0 Å². The number of carbonyl (C=O) groups excluding carboxylic acids is 2. The van der Waals surface area contributed by atoms with Crippen LogP contribution in [-0.2, 0) is 9.59 Å². The van der Waals surface area contributed by atoms with Gasteiger partial charge in [0.15, 0.2) is 11.5 Å². The summed E-state index contributed by atoms with van der Waals surface area (Å²) in [4.78, 5) is 28.3. The van der Waals surface area contributed by atoms with Crippen molar-refractivity contribution in [1.29, 1.82) is 0 Å². The molecule has 3 rings (SSSR count). The quantitative estimate of drug-likeness (QED) is 0.606. The maximum absolute atomic E-state index is 12.7. The Morgan fingerprint density at radius 3 is 2.42 bits per heavy atom. The molecule has 1 aliphatic rings. The maximum Gasteiger partial charge on any atom is 0.238 e. The van der Waals surface area contributed by atoms with Crippen LogP contribution in [0, 0.1) is 5.92 Å². The number of carbonyl (C=O) groups is 2. The van der Waals surface area contributed by atoms with Gasteiger partial charge in [-0.25, -0.2) is 0 Å². The zero-order chi connectivity index (χ0) is 22.2. The minimum absolute atomic E-state index is 0.0416. The minimum atomic E-state index is -0.0935. The highest BCUT2D eigenvalue weighted by Gasteiger charge is 2.26. The molecule has 0 bridgehead atoms. The first-order chi connectivity index (χ1) is 15.0. The van der Waals surface area contributed by atoms with Crippen LogP contribution in [-0.4, -0.2) is 56.8 Å². The number of ether oxygens (including phenoxy) is 2. The Kier molecular flexibility index (Phi) is 8.20. The average molecular weight is 444 g/mol. The fourth-order valence-electron chi connectivity index (χ4n) is 3.65. The molecule has 1 saturated heterocycles. The Labute approximate surface area is 187 Å². The van der Waals surface area contributed by atoms with E-state index in [9.17, 15) is 9.59 Å². The van der Waals surface area contributed by atoms with Gasteiger partial charge in [-0.3, -0.25) is 14.5 Å². The second kappa shape index (κ2) is 11.1. The number of methoxy groups -OCH3 is 2. The van der Waals surface area contributed by atoms with Crippen LogP contribution in [0.3, 0.4) is 0 Å². The molecule has 8 heteroatoms. The standard InChI is InChI=1S/C23H29N3O4S/c1-29-19-9-8-17(14-20(19)30-2)24-22(27)15-26-12-10-16(11-13-26)23(28)25-18-6-4-5-7-21(18)31-3/h4-9,14,16H,10-13,15H2,1-3H3,(H,24,27)(H,25,28). The van der Waals surface area contributed by atoms with Crippen molar-refractivity contribution < 1.29 is 19.1 Å². The fourth-order valence-corrected chi connectivity index (χ4v) is 4.21. The second-order valence-electron chi connectivity index (χ2n) is 7.36. The number of hydrogen-bond donors (Lipinski definition) is 2. The summed E-state index contributed by atoms with van der Waals surface area (Å²) in [5.41, 5.74) is 1.51. The molecule has 2 aromatic rings. The van der Waals surface area contributed by atoms with Gasteiger partial charge in [-0.05, 0) is 56.5 Å². The summed E-state index contributed by atoms with van der Waals surface area (Å²) in [6.07, 6.45) is 3.46. The van der Waals surface area contributed by atoms with Crippen molar-refractivity contribution in [3.8, 4) is 11.5 Å². The summed E-state index contributed by atoms with van der Waals surface area (Å²) in [5, 5.41) is 5.96. The van der Waals surface area contributed by atoms with Gasteiger partial charge in [0, 0.05) is 22.6 Å². The number of nitrogens with zero attached hydrogens (tertiary/aromatic N) is 1. The third-order valence-corrected chi connectivity index (χ3v) is 6.15.